The highest BCUT2D eigenvalue weighted by atomic mass is 32.2. The average Bonchev–Trinajstić information content (AvgIpc) is 2.29. The van der Waals surface area contributed by atoms with Gasteiger partial charge < -0.3 is 5.32 Å². The smallest absolute Gasteiger partial charge is 0.182 e. The Labute approximate surface area is 102 Å². The Bertz CT molecular complexity index is 456. The molecule has 0 aliphatic carbocycles. The fourth-order valence-electron chi connectivity index (χ4n) is 1.60. The quantitative estimate of drug-likeness (QED) is 0.823. The maximum absolute atomic E-state index is 12.7. The largest absolute Gasteiger partial charge is 0.313 e. The van der Waals surface area contributed by atoms with E-state index in [2.05, 4.69) is 5.32 Å². The molecule has 0 heterocycles. The lowest BCUT2D eigenvalue weighted by molar-refractivity contribution is 0.520. The van der Waals surface area contributed by atoms with Gasteiger partial charge in [0, 0.05) is 6.04 Å². The second-order valence-electron chi connectivity index (χ2n) is 4.05. The van der Waals surface area contributed by atoms with Gasteiger partial charge in [-0.3, -0.25) is 0 Å². The zero-order valence-corrected chi connectivity index (χ0v) is 11.1. The summed E-state index contributed by atoms with van der Waals surface area (Å²) in [5.41, 5.74) is 0. The lowest BCUT2D eigenvalue weighted by Gasteiger charge is -2.20. The van der Waals surface area contributed by atoms with E-state index in [0.29, 0.717) is 6.54 Å². The summed E-state index contributed by atoms with van der Waals surface area (Å²) in [6.45, 7) is 6.12. The van der Waals surface area contributed by atoms with Crippen molar-refractivity contribution in [3.8, 4) is 0 Å². The van der Waals surface area contributed by atoms with Crippen molar-refractivity contribution in [2.24, 2.45) is 0 Å². The van der Waals surface area contributed by atoms with Gasteiger partial charge in [0.2, 0.25) is 0 Å². The lowest BCUT2D eigenvalue weighted by Crippen LogP contribution is -2.40. The van der Waals surface area contributed by atoms with Crippen molar-refractivity contribution in [1.29, 1.82) is 0 Å². The fourth-order valence-corrected chi connectivity index (χ4v) is 3.17. The number of hydrogen-bond donors (Lipinski definition) is 1. The first-order valence-corrected chi connectivity index (χ1v) is 7.17. The topological polar surface area (TPSA) is 46.2 Å². The Morgan fingerprint density at radius 2 is 1.76 bits per heavy atom. The Morgan fingerprint density at radius 1 is 1.24 bits per heavy atom. The summed E-state index contributed by atoms with van der Waals surface area (Å²) in [5, 5.41) is 2.53. The molecule has 1 rings (SSSR count). The molecule has 0 spiro atoms. The van der Waals surface area contributed by atoms with Gasteiger partial charge in [-0.05, 0) is 44.7 Å². The molecule has 0 aromatic heterocycles. The van der Waals surface area contributed by atoms with Crippen molar-refractivity contribution in [1.82, 2.24) is 5.32 Å². The normalized spacial score (nSPS) is 15.5. The minimum Gasteiger partial charge on any atom is -0.313 e. The maximum atomic E-state index is 12.7. The van der Waals surface area contributed by atoms with Crippen molar-refractivity contribution in [2.45, 2.75) is 37.0 Å². The van der Waals surface area contributed by atoms with Crippen LogP contribution in [0.3, 0.4) is 0 Å². The molecule has 0 saturated carbocycles. The van der Waals surface area contributed by atoms with E-state index >= 15 is 0 Å². The first-order chi connectivity index (χ1) is 7.89. The molecule has 96 valence electrons. The van der Waals surface area contributed by atoms with Gasteiger partial charge in [0.25, 0.3) is 0 Å². The van der Waals surface area contributed by atoms with Crippen LogP contribution in [0.2, 0.25) is 0 Å². The van der Waals surface area contributed by atoms with Gasteiger partial charge in [0.05, 0.1) is 10.1 Å². The van der Waals surface area contributed by atoms with Gasteiger partial charge >= 0.3 is 0 Å². The second kappa shape index (κ2) is 5.60. The van der Waals surface area contributed by atoms with Crippen molar-refractivity contribution in [2.75, 3.05) is 6.54 Å². The van der Waals surface area contributed by atoms with Gasteiger partial charge in [-0.1, -0.05) is 6.92 Å². The average molecular weight is 259 g/mol. The molecule has 0 radical (unpaired) electrons. The van der Waals surface area contributed by atoms with Crippen molar-refractivity contribution < 1.29 is 12.8 Å². The predicted molar refractivity (Wildman–Crippen MR) is 66.2 cm³/mol. The van der Waals surface area contributed by atoms with Crippen molar-refractivity contribution >= 4 is 9.84 Å². The molecule has 0 aliphatic heterocycles. The van der Waals surface area contributed by atoms with Gasteiger partial charge in [-0.2, -0.15) is 0 Å². The van der Waals surface area contributed by atoms with Gasteiger partial charge in [-0.25, -0.2) is 12.8 Å². The first-order valence-electron chi connectivity index (χ1n) is 5.62. The van der Waals surface area contributed by atoms with Crippen LogP contribution >= 0.6 is 0 Å². The van der Waals surface area contributed by atoms with Crippen LogP contribution in [0, 0.1) is 5.82 Å². The summed E-state index contributed by atoms with van der Waals surface area (Å²) in [7, 11) is -3.41. The summed E-state index contributed by atoms with van der Waals surface area (Å²) >= 11 is 0. The lowest BCUT2D eigenvalue weighted by atomic mass is 10.2. The first kappa shape index (κ1) is 14.1. The number of nitrogens with one attached hydrogen (secondary N) is 1. The van der Waals surface area contributed by atoms with E-state index in [-0.39, 0.29) is 10.9 Å². The summed E-state index contributed by atoms with van der Waals surface area (Å²) in [4.78, 5) is 0.163. The van der Waals surface area contributed by atoms with Gasteiger partial charge in [0.1, 0.15) is 5.82 Å². The summed E-state index contributed by atoms with van der Waals surface area (Å²) in [6.07, 6.45) is 0. The molecule has 0 aliphatic rings. The van der Waals surface area contributed by atoms with E-state index in [9.17, 15) is 12.8 Å². The van der Waals surface area contributed by atoms with E-state index in [4.69, 9.17) is 0 Å². The van der Waals surface area contributed by atoms with Crippen LogP contribution in [0.15, 0.2) is 29.2 Å². The van der Waals surface area contributed by atoms with Crippen molar-refractivity contribution in [3.63, 3.8) is 0 Å². The van der Waals surface area contributed by atoms with E-state index in [1.807, 2.05) is 13.8 Å². The highest BCUT2D eigenvalue weighted by molar-refractivity contribution is 7.92. The zero-order valence-electron chi connectivity index (χ0n) is 10.3. The molecule has 1 N–H and O–H groups in total. The van der Waals surface area contributed by atoms with Crippen molar-refractivity contribution in [3.05, 3.63) is 30.1 Å². The van der Waals surface area contributed by atoms with E-state index in [0.717, 1.165) is 12.1 Å². The molecule has 2 unspecified atom stereocenters. The van der Waals surface area contributed by atoms with Crippen LogP contribution in [-0.4, -0.2) is 26.3 Å². The summed E-state index contributed by atoms with van der Waals surface area (Å²) < 4.78 is 37.1. The van der Waals surface area contributed by atoms with Crippen LogP contribution in [0.25, 0.3) is 0 Å². The van der Waals surface area contributed by atoms with Gasteiger partial charge in [-0.15, -0.1) is 0 Å². The molecule has 0 amide bonds. The van der Waals surface area contributed by atoms with Crippen LogP contribution < -0.4 is 5.32 Å². The molecule has 5 heteroatoms. The SMILES string of the molecule is CCNC(C)C(C)S(=O)(=O)c1ccc(F)cc1. The van der Waals surface area contributed by atoms with E-state index in [1.165, 1.54) is 12.1 Å². The number of rotatable bonds is 5. The number of benzene rings is 1. The van der Waals surface area contributed by atoms with Crippen LogP contribution in [0.4, 0.5) is 4.39 Å². The minimum atomic E-state index is -3.41. The Hall–Kier alpha value is -0.940. The molecule has 0 bridgehead atoms. The molecular weight excluding hydrogens is 241 g/mol. The Morgan fingerprint density at radius 3 is 2.24 bits per heavy atom. The third-order valence-electron chi connectivity index (χ3n) is 2.86. The fraction of sp³-hybridized carbons (Fsp3) is 0.500. The van der Waals surface area contributed by atoms with Gasteiger partial charge in [0.15, 0.2) is 9.84 Å². The number of sulfone groups is 1. The van der Waals surface area contributed by atoms with Crippen LogP contribution in [0.1, 0.15) is 20.8 Å². The molecule has 0 fully saturated rings. The highest BCUT2D eigenvalue weighted by Gasteiger charge is 2.27. The standard InChI is InChI=1S/C12H18FNO2S/c1-4-14-9(2)10(3)17(15,16)12-7-5-11(13)6-8-12/h5-10,14H,4H2,1-3H3. The predicted octanol–water partition coefficient (Wildman–Crippen LogP) is 1.99. The maximum Gasteiger partial charge on any atom is 0.182 e. The Balaban J connectivity index is 2.98. The molecule has 0 saturated heterocycles. The molecule has 1 aromatic rings. The van der Waals surface area contributed by atoms with E-state index < -0.39 is 20.9 Å². The minimum absolute atomic E-state index is 0.143. The second-order valence-corrected chi connectivity index (χ2v) is 6.36. The summed E-state index contributed by atoms with van der Waals surface area (Å²) in [5.74, 6) is -0.434. The third kappa shape index (κ3) is 3.26. The third-order valence-corrected chi connectivity index (χ3v) is 5.18. The summed E-state index contributed by atoms with van der Waals surface area (Å²) in [6, 6.07) is 4.80. The Kier molecular flexibility index (Phi) is 4.65. The molecule has 1 aromatic carbocycles. The number of hydrogen-bond acceptors (Lipinski definition) is 3. The van der Waals surface area contributed by atoms with Crippen LogP contribution in [0.5, 0.6) is 0 Å². The highest BCUT2D eigenvalue weighted by Crippen LogP contribution is 2.18. The molecule has 17 heavy (non-hydrogen) atoms. The van der Waals surface area contributed by atoms with Crippen LogP contribution in [-0.2, 0) is 9.84 Å². The monoisotopic (exact) mass is 259 g/mol. The zero-order chi connectivity index (χ0) is 13.1. The number of halogens is 1. The molecule has 3 nitrogen and oxygen atoms in total. The van der Waals surface area contributed by atoms with E-state index in [1.54, 1.807) is 6.92 Å². The molecule has 2 atom stereocenters. The molecular formula is C12H18FNO2S.